The molecule has 5 heteroatoms. The zero-order valence-electron chi connectivity index (χ0n) is 10.2. The average molecular weight is 275 g/mol. The van der Waals surface area contributed by atoms with Gasteiger partial charge in [0.2, 0.25) is 0 Å². The highest BCUT2D eigenvalue weighted by atomic mass is 35.5. The van der Waals surface area contributed by atoms with E-state index in [0.29, 0.717) is 10.6 Å². The van der Waals surface area contributed by atoms with Gasteiger partial charge < -0.3 is 0 Å². The average Bonchev–Trinajstić information content (AvgIpc) is 2.41. The molecular formula is C14H11ClN2O2. The molecule has 0 aliphatic heterocycles. The van der Waals surface area contributed by atoms with Crippen molar-refractivity contribution in [3.63, 3.8) is 0 Å². The highest BCUT2D eigenvalue weighted by Crippen LogP contribution is 2.25. The Kier molecular flexibility index (Phi) is 3.92. The Morgan fingerprint density at radius 3 is 2.74 bits per heavy atom. The highest BCUT2D eigenvalue weighted by Gasteiger charge is 2.04. The van der Waals surface area contributed by atoms with E-state index >= 15 is 0 Å². The summed E-state index contributed by atoms with van der Waals surface area (Å²) in [6.45, 7) is 1.88. The largest absolute Gasteiger partial charge is 0.270 e. The van der Waals surface area contributed by atoms with Crippen molar-refractivity contribution in [3.05, 3.63) is 68.7 Å². The molecule has 0 heterocycles. The highest BCUT2D eigenvalue weighted by molar-refractivity contribution is 6.31. The second-order valence-corrected chi connectivity index (χ2v) is 4.40. The smallest absolute Gasteiger partial charge is 0.258 e. The lowest BCUT2D eigenvalue weighted by Crippen LogP contribution is -1.89. The molecule has 0 N–H and O–H groups in total. The van der Waals surface area contributed by atoms with E-state index < -0.39 is 4.92 Å². The summed E-state index contributed by atoms with van der Waals surface area (Å²) < 4.78 is 0. The molecule has 96 valence electrons. The number of nitro benzene ring substituents is 1. The molecule has 0 radical (unpaired) electrons. The molecule has 0 amide bonds. The van der Waals surface area contributed by atoms with Gasteiger partial charge in [-0.25, -0.2) is 0 Å². The minimum Gasteiger partial charge on any atom is -0.258 e. The van der Waals surface area contributed by atoms with Crippen LogP contribution < -0.4 is 0 Å². The summed E-state index contributed by atoms with van der Waals surface area (Å²) in [5, 5.41) is 11.3. The quantitative estimate of drug-likeness (QED) is 0.476. The number of rotatable bonds is 3. The van der Waals surface area contributed by atoms with Crippen molar-refractivity contribution in [2.24, 2.45) is 4.99 Å². The van der Waals surface area contributed by atoms with Crippen LogP contribution in [-0.2, 0) is 0 Å². The molecule has 0 bridgehead atoms. The molecule has 0 aliphatic carbocycles. The van der Waals surface area contributed by atoms with Crippen molar-refractivity contribution in [2.75, 3.05) is 0 Å². The van der Waals surface area contributed by atoms with E-state index in [1.165, 1.54) is 12.1 Å². The minimum absolute atomic E-state index is 0.0479. The number of hydrogen-bond acceptors (Lipinski definition) is 3. The monoisotopic (exact) mass is 274 g/mol. The van der Waals surface area contributed by atoms with Gasteiger partial charge >= 0.3 is 0 Å². The van der Waals surface area contributed by atoms with Gasteiger partial charge in [-0.05, 0) is 30.2 Å². The van der Waals surface area contributed by atoms with Crippen molar-refractivity contribution in [1.82, 2.24) is 0 Å². The summed E-state index contributed by atoms with van der Waals surface area (Å²) in [6.07, 6.45) is 1.59. The number of aliphatic imine (C=N–C) groups is 1. The molecule has 2 aromatic carbocycles. The van der Waals surface area contributed by atoms with Crippen LogP contribution >= 0.6 is 11.6 Å². The molecule has 0 unspecified atom stereocenters. The van der Waals surface area contributed by atoms with Gasteiger partial charge in [0.1, 0.15) is 0 Å². The first-order valence-corrected chi connectivity index (χ1v) is 5.99. The Morgan fingerprint density at radius 2 is 2.00 bits per heavy atom. The lowest BCUT2D eigenvalue weighted by Gasteiger charge is -2.01. The Morgan fingerprint density at radius 1 is 1.26 bits per heavy atom. The Bertz CT molecular complexity index is 654. The van der Waals surface area contributed by atoms with Crippen LogP contribution in [0.5, 0.6) is 0 Å². The summed E-state index contributed by atoms with van der Waals surface area (Å²) in [4.78, 5) is 14.5. The molecule has 2 aromatic rings. The van der Waals surface area contributed by atoms with Crippen LogP contribution in [0, 0.1) is 17.0 Å². The summed E-state index contributed by atoms with van der Waals surface area (Å²) in [5.41, 5.74) is 2.35. The molecule has 0 saturated heterocycles. The lowest BCUT2D eigenvalue weighted by molar-refractivity contribution is -0.384. The van der Waals surface area contributed by atoms with Crippen molar-refractivity contribution in [2.45, 2.75) is 6.92 Å². The molecule has 0 aliphatic rings. The normalized spacial score (nSPS) is 10.8. The van der Waals surface area contributed by atoms with Gasteiger partial charge in [-0.3, -0.25) is 15.1 Å². The zero-order valence-corrected chi connectivity index (χ0v) is 11.0. The minimum atomic E-state index is -0.429. The fraction of sp³-hybridized carbons (Fsp3) is 0.0714. The number of non-ortho nitro benzene ring substituents is 1. The number of hydrogen-bond donors (Lipinski definition) is 0. The molecule has 4 nitrogen and oxygen atoms in total. The van der Waals surface area contributed by atoms with Crippen LogP contribution in [0.2, 0.25) is 5.02 Å². The third-order valence-corrected chi connectivity index (χ3v) is 3.08. The van der Waals surface area contributed by atoms with E-state index in [1.54, 1.807) is 24.4 Å². The van der Waals surface area contributed by atoms with Gasteiger partial charge in [0, 0.05) is 23.4 Å². The van der Waals surface area contributed by atoms with Gasteiger partial charge in [0.25, 0.3) is 5.69 Å². The second kappa shape index (κ2) is 5.63. The fourth-order valence-electron chi connectivity index (χ4n) is 1.60. The first-order chi connectivity index (χ1) is 9.08. The van der Waals surface area contributed by atoms with Gasteiger partial charge in [0.05, 0.1) is 10.6 Å². The molecule has 2 rings (SSSR count). The molecule has 0 atom stereocenters. The van der Waals surface area contributed by atoms with Crippen LogP contribution in [-0.4, -0.2) is 11.1 Å². The van der Waals surface area contributed by atoms with Crippen LogP contribution in [0.25, 0.3) is 0 Å². The third-order valence-electron chi connectivity index (χ3n) is 2.67. The van der Waals surface area contributed by atoms with Crippen molar-refractivity contribution in [1.29, 1.82) is 0 Å². The van der Waals surface area contributed by atoms with Crippen LogP contribution in [0.15, 0.2) is 47.5 Å². The van der Waals surface area contributed by atoms with E-state index in [0.717, 1.165) is 11.3 Å². The van der Waals surface area contributed by atoms with Crippen molar-refractivity contribution >= 4 is 29.2 Å². The van der Waals surface area contributed by atoms with Gasteiger partial charge in [-0.2, -0.15) is 0 Å². The molecule has 19 heavy (non-hydrogen) atoms. The molecule has 0 spiro atoms. The predicted octanol–water partition coefficient (Wildman–Crippen LogP) is 4.31. The van der Waals surface area contributed by atoms with E-state index in [2.05, 4.69) is 4.99 Å². The van der Waals surface area contributed by atoms with E-state index in [1.807, 2.05) is 19.1 Å². The van der Waals surface area contributed by atoms with E-state index in [-0.39, 0.29) is 5.69 Å². The Hall–Kier alpha value is -2.20. The SMILES string of the molecule is Cc1c(Cl)cccc1N=Cc1cccc([N+](=O)[O-])c1. The van der Waals surface area contributed by atoms with Crippen LogP contribution in [0.1, 0.15) is 11.1 Å². The van der Waals surface area contributed by atoms with Gasteiger partial charge in [-0.15, -0.1) is 0 Å². The molecule has 0 aromatic heterocycles. The number of nitro groups is 1. The Labute approximate surface area is 115 Å². The maximum Gasteiger partial charge on any atom is 0.270 e. The Balaban J connectivity index is 2.30. The number of benzene rings is 2. The standard InChI is InChI=1S/C14H11ClN2O2/c1-10-13(15)6-3-7-14(10)16-9-11-4-2-5-12(8-11)17(18)19/h2-9H,1H3. The second-order valence-electron chi connectivity index (χ2n) is 3.99. The maximum atomic E-state index is 10.7. The summed E-state index contributed by atoms with van der Waals surface area (Å²) in [5.74, 6) is 0. The van der Waals surface area contributed by atoms with Gasteiger partial charge in [0.15, 0.2) is 0 Å². The number of halogens is 1. The molecular weight excluding hydrogens is 264 g/mol. The van der Waals surface area contributed by atoms with Crippen LogP contribution in [0.4, 0.5) is 11.4 Å². The first kappa shape index (κ1) is 13.2. The number of nitrogens with zero attached hydrogens (tertiary/aromatic N) is 2. The topological polar surface area (TPSA) is 55.5 Å². The first-order valence-electron chi connectivity index (χ1n) is 5.61. The van der Waals surface area contributed by atoms with Crippen LogP contribution in [0.3, 0.4) is 0 Å². The summed E-state index contributed by atoms with van der Waals surface area (Å²) >= 11 is 6.00. The van der Waals surface area contributed by atoms with Crippen molar-refractivity contribution < 1.29 is 4.92 Å². The third kappa shape index (κ3) is 3.17. The lowest BCUT2D eigenvalue weighted by atomic mass is 10.2. The summed E-state index contributed by atoms with van der Waals surface area (Å²) in [7, 11) is 0. The summed E-state index contributed by atoms with van der Waals surface area (Å²) in [6, 6.07) is 11.8. The molecule has 0 fully saturated rings. The maximum absolute atomic E-state index is 10.7. The van der Waals surface area contributed by atoms with E-state index in [9.17, 15) is 10.1 Å². The molecule has 0 saturated carbocycles. The van der Waals surface area contributed by atoms with Crippen molar-refractivity contribution in [3.8, 4) is 0 Å². The van der Waals surface area contributed by atoms with Gasteiger partial charge in [-0.1, -0.05) is 29.8 Å². The zero-order chi connectivity index (χ0) is 13.8. The van der Waals surface area contributed by atoms with E-state index in [4.69, 9.17) is 11.6 Å². The predicted molar refractivity (Wildman–Crippen MR) is 76.5 cm³/mol. The fourth-order valence-corrected chi connectivity index (χ4v) is 1.77.